The number of hydrogen-bond donors (Lipinski definition) is 1. The van der Waals surface area contributed by atoms with Gasteiger partial charge >= 0.3 is 0 Å². The monoisotopic (exact) mass is 302 g/mol. The van der Waals surface area contributed by atoms with E-state index < -0.39 is 0 Å². The van der Waals surface area contributed by atoms with Gasteiger partial charge in [-0.3, -0.25) is 9.59 Å². The number of hydrogen-bond acceptors (Lipinski definition) is 3. The highest BCUT2D eigenvalue weighted by Gasteiger charge is 2.09. The molecule has 0 bridgehead atoms. The molecular weight excluding hydrogens is 276 g/mol. The van der Waals surface area contributed by atoms with Gasteiger partial charge in [-0.05, 0) is 76.5 Å². The molecule has 0 radical (unpaired) electrons. The van der Waals surface area contributed by atoms with E-state index in [0.717, 1.165) is 25.1 Å². The van der Waals surface area contributed by atoms with Crippen LogP contribution < -0.4 is 5.32 Å². The number of piperidine rings is 1. The Hall–Kier alpha value is -1.68. The van der Waals surface area contributed by atoms with E-state index in [2.05, 4.69) is 10.2 Å². The second kappa shape index (κ2) is 8.69. The normalized spacial score (nSPS) is 15.5. The molecule has 120 valence electrons. The molecule has 1 aliphatic heterocycles. The number of likely N-dealkylation sites (tertiary alicyclic amines) is 1. The average molecular weight is 302 g/mol. The van der Waals surface area contributed by atoms with Gasteiger partial charge in [-0.15, -0.1) is 0 Å². The lowest BCUT2D eigenvalue weighted by Crippen LogP contribution is -2.30. The number of Topliss-reactive ketones (excluding diaryl/α,β-unsaturated/α-hetero) is 1. The molecule has 0 spiro atoms. The van der Waals surface area contributed by atoms with E-state index >= 15 is 0 Å². The second-order valence-corrected chi connectivity index (χ2v) is 6.04. The fraction of sp³-hybridized carbons (Fsp3) is 0.556. The summed E-state index contributed by atoms with van der Waals surface area (Å²) in [5, 5.41) is 2.88. The number of rotatable bonds is 7. The molecule has 1 heterocycles. The van der Waals surface area contributed by atoms with E-state index in [1.165, 1.54) is 39.3 Å². The molecule has 0 atom stereocenters. The molecule has 1 N–H and O–H groups in total. The van der Waals surface area contributed by atoms with Crippen molar-refractivity contribution in [2.75, 3.05) is 25.0 Å². The SMILES string of the molecule is CC(=O)c1ccc(NC(=O)CCCCN2CCCCC2)cc1. The summed E-state index contributed by atoms with van der Waals surface area (Å²) in [6, 6.07) is 7.05. The molecule has 0 saturated carbocycles. The van der Waals surface area contributed by atoms with Crippen LogP contribution in [0.5, 0.6) is 0 Å². The maximum absolute atomic E-state index is 11.9. The van der Waals surface area contributed by atoms with E-state index in [9.17, 15) is 9.59 Å². The molecule has 4 heteroatoms. The van der Waals surface area contributed by atoms with E-state index in [1.54, 1.807) is 24.3 Å². The number of amides is 1. The highest BCUT2D eigenvalue weighted by Crippen LogP contribution is 2.12. The van der Waals surface area contributed by atoms with Crippen molar-refractivity contribution in [2.24, 2.45) is 0 Å². The standard InChI is InChI=1S/C18H26N2O2/c1-15(21)16-8-10-17(11-9-16)19-18(22)7-3-6-14-20-12-4-2-5-13-20/h8-11H,2-7,12-14H2,1H3,(H,19,22). The molecule has 1 aromatic carbocycles. The predicted molar refractivity (Wildman–Crippen MR) is 89.2 cm³/mol. The summed E-state index contributed by atoms with van der Waals surface area (Å²) < 4.78 is 0. The Balaban J connectivity index is 1.63. The fourth-order valence-corrected chi connectivity index (χ4v) is 2.82. The van der Waals surface area contributed by atoms with Crippen molar-refractivity contribution in [1.29, 1.82) is 0 Å². The molecule has 2 rings (SSSR count). The Kier molecular flexibility index (Phi) is 6.59. The number of nitrogens with one attached hydrogen (secondary N) is 1. The van der Waals surface area contributed by atoms with Gasteiger partial charge in [0, 0.05) is 17.7 Å². The minimum absolute atomic E-state index is 0.0376. The Morgan fingerprint density at radius 3 is 2.36 bits per heavy atom. The van der Waals surface area contributed by atoms with Crippen LogP contribution in [-0.4, -0.2) is 36.2 Å². The number of benzene rings is 1. The minimum atomic E-state index is 0.0376. The molecule has 0 unspecified atom stereocenters. The van der Waals surface area contributed by atoms with E-state index in [-0.39, 0.29) is 11.7 Å². The molecule has 4 nitrogen and oxygen atoms in total. The maximum Gasteiger partial charge on any atom is 0.224 e. The summed E-state index contributed by atoms with van der Waals surface area (Å²) >= 11 is 0. The van der Waals surface area contributed by atoms with Gasteiger partial charge in [0.15, 0.2) is 5.78 Å². The van der Waals surface area contributed by atoms with Crippen molar-refractivity contribution in [3.8, 4) is 0 Å². The van der Waals surface area contributed by atoms with Crippen molar-refractivity contribution in [1.82, 2.24) is 4.90 Å². The smallest absolute Gasteiger partial charge is 0.224 e. The third-order valence-electron chi connectivity index (χ3n) is 4.15. The number of anilines is 1. The van der Waals surface area contributed by atoms with Crippen LogP contribution in [0.3, 0.4) is 0 Å². The van der Waals surface area contributed by atoms with Crippen LogP contribution in [0, 0.1) is 0 Å². The van der Waals surface area contributed by atoms with Crippen LogP contribution in [0.2, 0.25) is 0 Å². The van der Waals surface area contributed by atoms with Gasteiger partial charge in [0.25, 0.3) is 0 Å². The molecule has 1 amide bonds. The lowest BCUT2D eigenvalue weighted by atomic mass is 10.1. The summed E-state index contributed by atoms with van der Waals surface area (Å²) in [4.78, 5) is 25.6. The third kappa shape index (κ3) is 5.60. The van der Waals surface area contributed by atoms with Crippen molar-refractivity contribution in [2.45, 2.75) is 45.4 Å². The Labute approximate surface area is 132 Å². The molecule has 0 aliphatic carbocycles. The Morgan fingerprint density at radius 1 is 1.05 bits per heavy atom. The van der Waals surface area contributed by atoms with Crippen molar-refractivity contribution in [3.05, 3.63) is 29.8 Å². The number of nitrogens with zero attached hydrogens (tertiary/aromatic N) is 1. The van der Waals surface area contributed by atoms with Gasteiger partial charge in [0.05, 0.1) is 0 Å². The highest BCUT2D eigenvalue weighted by atomic mass is 16.1. The van der Waals surface area contributed by atoms with Crippen molar-refractivity contribution in [3.63, 3.8) is 0 Å². The van der Waals surface area contributed by atoms with Crippen LogP contribution in [0.4, 0.5) is 5.69 Å². The highest BCUT2D eigenvalue weighted by molar-refractivity contribution is 5.95. The zero-order chi connectivity index (χ0) is 15.8. The van der Waals surface area contributed by atoms with E-state index in [4.69, 9.17) is 0 Å². The Morgan fingerprint density at radius 2 is 1.73 bits per heavy atom. The minimum Gasteiger partial charge on any atom is -0.326 e. The molecule has 1 aromatic rings. The van der Waals surface area contributed by atoms with Crippen molar-refractivity contribution < 1.29 is 9.59 Å². The van der Waals surface area contributed by atoms with Crippen LogP contribution in [-0.2, 0) is 4.79 Å². The number of unbranched alkanes of at least 4 members (excludes halogenated alkanes) is 1. The van der Waals surface area contributed by atoms with E-state index in [1.807, 2.05) is 0 Å². The summed E-state index contributed by atoms with van der Waals surface area (Å²) in [6.45, 7) is 5.08. The van der Waals surface area contributed by atoms with Crippen LogP contribution >= 0.6 is 0 Å². The molecule has 1 saturated heterocycles. The first-order valence-electron chi connectivity index (χ1n) is 8.28. The van der Waals surface area contributed by atoms with Gasteiger partial charge in [-0.1, -0.05) is 6.42 Å². The average Bonchev–Trinajstić information content (AvgIpc) is 2.53. The topological polar surface area (TPSA) is 49.4 Å². The summed E-state index contributed by atoms with van der Waals surface area (Å²) in [6.07, 6.45) is 6.56. The number of carbonyl (C=O) groups excluding carboxylic acids is 2. The summed E-state index contributed by atoms with van der Waals surface area (Å²) in [5.74, 6) is 0.0878. The lowest BCUT2D eigenvalue weighted by Gasteiger charge is -2.26. The Bertz CT molecular complexity index is 490. The summed E-state index contributed by atoms with van der Waals surface area (Å²) in [7, 11) is 0. The second-order valence-electron chi connectivity index (χ2n) is 6.04. The van der Waals surface area contributed by atoms with Crippen LogP contribution in [0.1, 0.15) is 55.8 Å². The first kappa shape index (κ1) is 16.7. The molecule has 22 heavy (non-hydrogen) atoms. The maximum atomic E-state index is 11.9. The van der Waals surface area contributed by atoms with Crippen LogP contribution in [0.15, 0.2) is 24.3 Å². The van der Waals surface area contributed by atoms with Crippen molar-refractivity contribution >= 4 is 17.4 Å². The van der Waals surface area contributed by atoms with E-state index in [0.29, 0.717) is 12.0 Å². The van der Waals surface area contributed by atoms with Gasteiger partial charge in [-0.25, -0.2) is 0 Å². The zero-order valence-corrected chi connectivity index (χ0v) is 13.4. The van der Waals surface area contributed by atoms with Gasteiger partial charge in [0.1, 0.15) is 0 Å². The van der Waals surface area contributed by atoms with Gasteiger partial charge in [-0.2, -0.15) is 0 Å². The number of carbonyl (C=O) groups is 2. The van der Waals surface area contributed by atoms with Gasteiger partial charge < -0.3 is 10.2 Å². The van der Waals surface area contributed by atoms with Crippen LogP contribution in [0.25, 0.3) is 0 Å². The number of ketones is 1. The largest absolute Gasteiger partial charge is 0.326 e. The molecular formula is C18H26N2O2. The molecule has 0 aromatic heterocycles. The molecule has 1 fully saturated rings. The van der Waals surface area contributed by atoms with Gasteiger partial charge in [0.2, 0.25) is 5.91 Å². The summed E-state index contributed by atoms with van der Waals surface area (Å²) in [5.41, 5.74) is 1.42. The quantitative estimate of drug-likeness (QED) is 0.619. The third-order valence-corrected chi connectivity index (χ3v) is 4.15. The first-order valence-corrected chi connectivity index (χ1v) is 8.28. The predicted octanol–water partition coefficient (Wildman–Crippen LogP) is 3.48. The first-order chi connectivity index (χ1) is 10.6. The lowest BCUT2D eigenvalue weighted by molar-refractivity contribution is -0.116. The molecule has 1 aliphatic rings. The fourth-order valence-electron chi connectivity index (χ4n) is 2.82. The zero-order valence-electron chi connectivity index (χ0n) is 13.4.